The van der Waals surface area contributed by atoms with Gasteiger partial charge in [0.15, 0.2) is 0 Å². The molecule has 0 aliphatic carbocycles. The van der Waals surface area contributed by atoms with Crippen molar-refractivity contribution in [3.8, 4) is 0 Å². The van der Waals surface area contributed by atoms with Crippen LogP contribution in [0.2, 0.25) is 0 Å². The molecule has 0 amide bonds. The van der Waals surface area contributed by atoms with Crippen LogP contribution in [-0.2, 0) is 43.4 Å². The Kier molecular flexibility index (Phi) is 11.2. The van der Waals surface area contributed by atoms with Crippen molar-refractivity contribution in [1.29, 1.82) is 0 Å². The maximum atomic E-state index is 13.6. The number of nitrogens with zero attached hydrogens (tertiary/aromatic N) is 4. The largest absolute Gasteiger partial charge is 0.379 e. The molecule has 1 heterocycles. The summed E-state index contributed by atoms with van der Waals surface area (Å²) in [6, 6.07) is 3.23. The van der Waals surface area contributed by atoms with Crippen LogP contribution >= 0.6 is 0 Å². The van der Waals surface area contributed by atoms with Crippen LogP contribution in [0, 0.1) is 10.1 Å². The van der Waals surface area contributed by atoms with E-state index in [4.69, 9.17) is 13.1 Å². The summed E-state index contributed by atoms with van der Waals surface area (Å²) < 4.78 is 88.6. The molecule has 0 bridgehead atoms. The number of anilines is 1. The molecule has 1 fully saturated rings. The number of nitro benzene ring substituents is 1. The fourth-order valence-electron chi connectivity index (χ4n) is 3.43. The highest BCUT2D eigenvalue weighted by Gasteiger charge is 2.29. The highest BCUT2D eigenvalue weighted by atomic mass is 32.2. The average Bonchev–Trinajstić information content (AvgIpc) is 2.80. The number of morpholine rings is 1. The monoisotopic (exact) mass is 588 g/mol. The van der Waals surface area contributed by atoms with Crippen molar-refractivity contribution in [3.63, 3.8) is 0 Å². The van der Waals surface area contributed by atoms with Crippen LogP contribution in [0.5, 0.6) is 0 Å². The number of ether oxygens (including phenoxy) is 1. The molecule has 0 atom stereocenters. The molecule has 212 valence electrons. The van der Waals surface area contributed by atoms with E-state index in [1.807, 2.05) is 4.90 Å². The molecule has 2 rings (SSSR count). The Morgan fingerprint density at radius 3 is 2.00 bits per heavy atom. The van der Waals surface area contributed by atoms with Gasteiger partial charge in [0.1, 0.15) is 4.90 Å². The van der Waals surface area contributed by atoms with Gasteiger partial charge in [-0.2, -0.15) is 21.1 Å². The first kappa shape index (κ1) is 31.3. The van der Waals surface area contributed by atoms with E-state index in [0.717, 1.165) is 28.9 Å². The Morgan fingerprint density at radius 2 is 1.51 bits per heavy atom. The number of likely N-dealkylation sites (N-methyl/N-ethyl adjacent to an activating group) is 1. The van der Waals surface area contributed by atoms with Crippen molar-refractivity contribution in [2.75, 3.05) is 90.2 Å². The lowest BCUT2D eigenvalue weighted by Crippen LogP contribution is -2.42. The Balaban J connectivity index is 2.40. The van der Waals surface area contributed by atoms with Crippen molar-refractivity contribution < 1.29 is 43.3 Å². The van der Waals surface area contributed by atoms with Gasteiger partial charge in [0.25, 0.3) is 25.9 Å². The van der Waals surface area contributed by atoms with Crippen LogP contribution in [-0.4, -0.2) is 125 Å². The van der Waals surface area contributed by atoms with E-state index < -0.39 is 45.8 Å². The molecular formula is C19H32N4O11S3. The molecule has 0 radical (unpaired) electrons. The molecule has 0 spiro atoms. The topological polar surface area (TPSA) is 183 Å². The van der Waals surface area contributed by atoms with Gasteiger partial charge in [-0.1, -0.05) is 0 Å². The van der Waals surface area contributed by atoms with E-state index in [1.165, 1.54) is 18.0 Å². The molecule has 37 heavy (non-hydrogen) atoms. The summed E-state index contributed by atoms with van der Waals surface area (Å²) >= 11 is 0. The van der Waals surface area contributed by atoms with Crippen LogP contribution in [0.25, 0.3) is 0 Å². The molecule has 18 heteroatoms. The summed E-state index contributed by atoms with van der Waals surface area (Å²) in [7, 11) is -10.6. The Hall–Kier alpha value is -1.93. The second-order valence-corrected chi connectivity index (χ2v) is 13.5. The molecule has 0 unspecified atom stereocenters. The summed E-state index contributed by atoms with van der Waals surface area (Å²) in [5.74, 6) is 0. The number of non-ortho nitro benzene ring substituents is 1. The first-order valence-corrected chi connectivity index (χ1v) is 16.2. The van der Waals surface area contributed by atoms with E-state index in [-0.39, 0.29) is 38.5 Å². The number of hydrogen-bond donors (Lipinski definition) is 0. The van der Waals surface area contributed by atoms with Crippen molar-refractivity contribution in [2.24, 2.45) is 0 Å². The molecular weight excluding hydrogens is 556 g/mol. The zero-order chi connectivity index (χ0) is 27.9. The SMILES string of the molecule is CN(CCN1CCOCC1)S(=O)(=O)c1cc([N+](=O)[O-])ccc1N(CCOS(C)(=O)=O)CCOS(C)(=O)=O. The number of rotatable bonds is 15. The third-order valence-corrected chi connectivity index (χ3v) is 8.41. The van der Waals surface area contributed by atoms with Crippen LogP contribution < -0.4 is 4.90 Å². The number of hydrogen-bond acceptors (Lipinski definition) is 13. The molecule has 0 N–H and O–H groups in total. The zero-order valence-electron chi connectivity index (χ0n) is 20.8. The third kappa shape index (κ3) is 10.4. The number of sulfonamides is 1. The third-order valence-electron chi connectivity index (χ3n) is 5.34. The van der Waals surface area contributed by atoms with Gasteiger partial charge >= 0.3 is 0 Å². The lowest BCUT2D eigenvalue weighted by atomic mass is 10.2. The van der Waals surface area contributed by atoms with Crippen LogP contribution in [0.3, 0.4) is 0 Å². The second kappa shape index (κ2) is 13.2. The van der Waals surface area contributed by atoms with Crippen molar-refractivity contribution in [3.05, 3.63) is 28.3 Å². The maximum absolute atomic E-state index is 13.6. The van der Waals surface area contributed by atoms with Gasteiger partial charge in [0.05, 0.1) is 49.5 Å². The molecule has 1 aliphatic heterocycles. The Labute approximate surface area is 217 Å². The minimum absolute atomic E-state index is 0.00183. The summed E-state index contributed by atoms with van der Waals surface area (Å²) in [6.45, 7) is 1.72. The first-order chi connectivity index (χ1) is 17.1. The lowest BCUT2D eigenvalue weighted by molar-refractivity contribution is -0.385. The maximum Gasteiger partial charge on any atom is 0.270 e. The summed E-state index contributed by atoms with van der Waals surface area (Å²) in [4.78, 5) is 13.7. The molecule has 1 aliphatic rings. The average molecular weight is 589 g/mol. The van der Waals surface area contributed by atoms with Gasteiger partial charge in [-0.15, -0.1) is 0 Å². The van der Waals surface area contributed by atoms with E-state index in [2.05, 4.69) is 0 Å². The molecule has 0 aromatic heterocycles. The van der Waals surface area contributed by atoms with E-state index in [0.29, 0.717) is 32.8 Å². The quantitative estimate of drug-likeness (QED) is 0.143. The normalized spacial score (nSPS) is 15.7. The van der Waals surface area contributed by atoms with E-state index in [9.17, 15) is 35.4 Å². The Bertz CT molecular complexity index is 1210. The first-order valence-electron chi connectivity index (χ1n) is 11.1. The van der Waals surface area contributed by atoms with E-state index in [1.54, 1.807) is 0 Å². The minimum atomic E-state index is -4.27. The van der Waals surface area contributed by atoms with Crippen LogP contribution in [0.15, 0.2) is 23.1 Å². The molecule has 0 saturated carbocycles. The second-order valence-electron chi connectivity index (χ2n) is 8.23. The summed E-state index contributed by atoms with van der Waals surface area (Å²) in [5, 5.41) is 11.4. The van der Waals surface area contributed by atoms with Crippen LogP contribution in [0.4, 0.5) is 11.4 Å². The highest BCUT2D eigenvalue weighted by molar-refractivity contribution is 7.89. The Morgan fingerprint density at radius 1 is 0.973 bits per heavy atom. The highest BCUT2D eigenvalue weighted by Crippen LogP contribution is 2.31. The minimum Gasteiger partial charge on any atom is -0.379 e. The lowest BCUT2D eigenvalue weighted by Gasteiger charge is -2.30. The molecule has 1 saturated heterocycles. The van der Waals surface area contributed by atoms with Gasteiger partial charge in [0.2, 0.25) is 10.0 Å². The molecule has 1 aromatic rings. The van der Waals surface area contributed by atoms with Gasteiger partial charge < -0.3 is 9.64 Å². The predicted molar refractivity (Wildman–Crippen MR) is 134 cm³/mol. The summed E-state index contributed by atoms with van der Waals surface area (Å²) in [5.41, 5.74) is -0.471. The van der Waals surface area contributed by atoms with Crippen molar-refractivity contribution in [2.45, 2.75) is 4.90 Å². The van der Waals surface area contributed by atoms with Crippen LogP contribution in [0.1, 0.15) is 0 Å². The molecule has 15 nitrogen and oxygen atoms in total. The van der Waals surface area contributed by atoms with Crippen molar-refractivity contribution in [1.82, 2.24) is 9.21 Å². The summed E-state index contributed by atoms with van der Waals surface area (Å²) in [6.07, 6.45) is 1.69. The van der Waals surface area contributed by atoms with E-state index >= 15 is 0 Å². The van der Waals surface area contributed by atoms with Crippen molar-refractivity contribution >= 4 is 41.6 Å². The number of nitro groups is 1. The molecule has 1 aromatic carbocycles. The number of benzene rings is 1. The fourth-order valence-corrected chi connectivity index (χ4v) is 5.57. The predicted octanol–water partition coefficient (Wildman–Crippen LogP) is -0.694. The van der Waals surface area contributed by atoms with Gasteiger partial charge in [-0.25, -0.2) is 8.42 Å². The zero-order valence-corrected chi connectivity index (χ0v) is 23.3. The fraction of sp³-hybridized carbons (Fsp3) is 0.684. The van der Waals surface area contributed by atoms with Gasteiger partial charge in [0, 0.05) is 58.4 Å². The standard InChI is InChI=1S/C19H32N4O11S3/c1-20(6-7-21-8-12-32-13-9-21)37(30,31)19-16-17(23(24)25)4-5-18(19)22(10-14-33-35(2,26)27)11-15-34-36(3,28)29/h4-5,16H,6-15H2,1-3H3. The van der Waals surface area contributed by atoms with Gasteiger partial charge in [-0.3, -0.25) is 23.4 Å². The smallest absolute Gasteiger partial charge is 0.270 e. The van der Waals surface area contributed by atoms with Gasteiger partial charge in [-0.05, 0) is 6.07 Å².